The third kappa shape index (κ3) is 5.25. The minimum atomic E-state index is -0.436. The molecule has 1 aromatic carbocycles. The van der Waals surface area contributed by atoms with Gasteiger partial charge in [0.15, 0.2) is 11.6 Å². The molecule has 1 N–H and O–H groups in total. The number of para-hydroxylation sites is 1. The molecule has 0 spiro atoms. The fourth-order valence-corrected chi connectivity index (χ4v) is 2.01. The summed E-state index contributed by atoms with van der Waals surface area (Å²) in [6.07, 6.45) is 1.46. The summed E-state index contributed by atoms with van der Waals surface area (Å²) in [5, 5.41) is 2.71. The Labute approximate surface area is 133 Å². The van der Waals surface area contributed by atoms with Crippen LogP contribution >= 0.6 is 0 Å². The van der Waals surface area contributed by atoms with Crippen LogP contribution in [0.5, 0.6) is 5.75 Å². The van der Waals surface area contributed by atoms with Gasteiger partial charge in [-0.15, -0.1) is 0 Å². The summed E-state index contributed by atoms with van der Waals surface area (Å²) in [5.74, 6) is -0.469. The molecule has 1 aromatic heterocycles. The first-order chi connectivity index (χ1) is 11.1. The molecule has 0 fully saturated rings. The monoisotopic (exact) mass is 318 g/mol. The molecular weight excluding hydrogens is 299 g/mol. The van der Waals surface area contributed by atoms with Crippen molar-refractivity contribution in [2.24, 2.45) is 0 Å². The second-order valence-corrected chi connectivity index (χ2v) is 5.15. The molecule has 0 bridgehead atoms. The van der Waals surface area contributed by atoms with Gasteiger partial charge in [0.25, 0.3) is 5.56 Å². The van der Waals surface area contributed by atoms with E-state index in [0.717, 1.165) is 0 Å². The lowest BCUT2D eigenvalue weighted by Gasteiger charge is -2.16. The van der Waals surface area contributed by atoms with Crippen molar-refractivity contribution in [1.29, 1.82) is 0 Å². The van der Waals surface area contributed by atoms with Crippen LogP contribution in [0.25, 0.3) is 0 Å². The van der Waals surface area contributed by atoms with E-state index in [9.17, 15) is 14.0 Å². The smallest absolute Gasteiger partial charge is 0.250 e. The van der Waals surface area contributed by atoms with Gasteiger partial charge in [-0.25, -0.2) is 4.39 Å². The number of rotatable bonds is 7. The minimum absolute atomic E-state index is 0.142. The normalized spacial score (nSPS) is 11.7. The molecule has 1 atom stereocenters. The van der Waals surface area contributed by atoms with Crippen LogP contribution in [0.15, 0.2) is 53.5 Å². The Bertz CT molecular complexity index is 715. The van der Waals surface area contributed by atoms with Gasteiger partial charge in [-0.1, -0.05) is 18.2 Å². The molecule has 6 heteroatoms. The van der Waals surface area contributed by atoms with E-state index in [1.807, 2.05) is 0 Å². The number of aryl methyl sites for hydroxylation is 1. The summed E-state index contributed by atoms with van der Waals surface area (Å²) in [6.45, 7) is 2.32. The Morgan fingerprint density at radius 2 is 2.00 bits per heavy atom. The number of aromatic nitrogens is 1. The lowest BCUT2D eigenvalue weighted by atomic mass is 10.3. The molecule has 0 aliphatic heterocycles. The molecule has 0 radical (unpaired) electrons. The second-order valence-electron chi connectivity index (χ2n) is 5.15. The number of pyridine rings is 1. The van der Waals surface area contributed by atoms with Crippen LogP contribution in [0.3, 0.4) is 0 Å². The Hall–Kier alpha value is -2.63. The molecule has 0 aliphatic rings. The van der Waals surface area contributed by atoms with Crippen molar-refractivity contribution in [2.45, 2.75) is 26.0 Å². The maximum Gasteiger partial charge on any atom is 0.250 e. The van der Waals surface area contributed by atoms with E-state index >= 15 is 0 Å². The van der Waals surface area contributed by atoms with Crippen LogP contribution in [0.1, 0.15) is 13.3 Å². The lowest BCUT2D eigenvalue weighted by Crippen LogP contribution is -2.34. The number of hydrogen-bond acceptors (Lipinski definition) is 3. The summed E-state index contributed by atoms with van der Waals surface area (Å²) in [5.41, 5.74) is -0.142. The van der Waals surface area contributed by atoms with Crippen molar-refractivity contribution in [3.8, 4) is 5.75 Å². The third-order valence-electron chi connectivity index (χ3n) is 3.23. The van der Waals surface area contributed by atoms with Gasteiger partial charge in [0.2, 0.25) is 5.91 Å². The summed E-state index contributed by atoms with van der Waals surface area (Å²) in [7, 11) is 0. The van der Waals surface area contributed by atoms with Crippen LogP contribution in [-0.4, -0.2) is 23.1 Å². The molecule has 0 aliphatic carbocycles. The van der Waals surface area contributed by atoms with Crippen molar-refractivity contribution in [2.75, 3.05) is 6.54 Å². The zero-order chi connectivity index (χ0) is 16.7. The molecule has 2 rings (SSSR count). The van der Waals surface area contributed by atoms with Crippen molar-refractivity contribution >= 4 is 5.91 Å². The van der Waals surface area contributed by atoms with Crippen LogP contribution in [0.2, 0.25) is 0 Å². The van der Waals surface area contributed by atoms with E-state index in [1.54, 1.807) is 37.4 Å². The number of ether oxygens (including phenoxy) is 1. The number of halogens is 1. The summed E-state index contributed by atoms with van der Waals surface area (Å²) in [6, 6.07) is 11.0. The van der Waals surface area contributed by atoms with Gasteiger partial charge in [-0.2, -0.15) is 0 Å². The zero-order valence-corrected chi connectivity index (χ0v) is 12.9. The summed E-state index contributed by atoms with van der Waals surface area (Å²) < 4.78 is 20.4. The SMILES string of the molecule is CC(CNC(=O)CCn1ccccc1=O)Oc1ccccc1F. The fourth-order valence-electron chi connectivity index (χ4n) is 2.01. The maximum absolute atomic E-state index is 13.5. The molecular formula is C17H19FN2O3. The van der Waals surface area contributed by atoms with Crippen LogP contribution < -0.4 is 15.6 Å². The zero-order valence-electron chi connectivity index (χ0n) is 12.9. The molecule has 1 heterocycles. The molecule has 0 saturated carbocycles. The van der Waals surface area contributed by atoms with E-state index in [1.165, 1.54) is 22.8 Å². The molecule has 0 saturated heterocycles. The molecule has 2 aromatic rings. The van der Waals surface area contributed by atoms with Gasteiger partial charge in [-0.05, 0) is 25.1 Å². The number of benzene rings is 1. The van der Waals surface area contributed by atoms with Gasteiger partial charge in [0.05, 0.1) is 6.54 Å². The number of carbonyl (C=O) groups excluding carboxylic acids is 1. The highest BCUT2D eigenvalue weighted by Crippen LogP contribution is 2.16. The average molecular weight is 318 g/mol. The van der Waals surface area contributed by atoms with Crippen molar-refractivity contribution in [1.82, 2.24) is 9.88 Å². The Balaban J connectivity index is 1.75. The first-order valence-corrected chi connectivity index (χ1v) is 7.39. The molecule has 23 heavy (non-hydrogen) atoms. The number of hydrogen-bond donors (Lipinski definition) is 1. The van der Waals surface area contributed by atoms with E-state index in [0.29, 0.717) is 6.54 Å². The van der Waals surface area contributed by atoms with Gasteiger partial charge < -0.3 is 14.6 Å². The van der Waals surface area contributed by atoms with Gasteiger partial charge in [0.1, 0.15) is 6.10 Å². The van der Waals surface area contributed by atoms with Gasteiger partial charge in [-0.3, -0.25) is 9.59 Å². The number of nitrogens with one attached hydrogen (secondary N) is 1. The minimum Gasteiger partial charge on any atom is -0.486 e. The maximum atomic E-state index is 13.5. The first-order valence-electron chi connectivity index (χ1n) is 7.39. The average Bonchev–Trinajstić information content (AvgIpc) is 2.54. The lowest BCUT2D eigenvalue weighted by molar-refractivity contribution is -0.121. The molecule has 122 valence electrons. The highest BCUT2D eigenvalue weighted by molar-refractivity contribution is 5.75. The van der Waals surface area contributed by atoms with E-state index in [-0.39, 0.29) is 36.3 Å². The largest absolute Gasteiger partial charge is 0.486 e. The number of carbonyl (C=O) groups is 1. The van der Waals surface area contributed by atoms with Crippen molar-refractivity contribution in [3.05, 3.63) is 64.8 Å². The van der Waals surface area contributed by atoms with Crippen molar-refractivity contribution in [3.63, 3.8) is 0 Å². The molecule has 1 unspecified atom stereocenters. The van der Waals surface area contributed by atoms with Gasteiger partial charge in [0, 0.05) is 25.2 Å². The summed E-state index contributed by atoms with van der Waals surface area (Å²) >= 11 is 0. The standard InChI is InChI=1S/C17H19FN2O3/c1-13(23-15-7-3-2-6-14(15)18)12-19-16(21)9-11-20-10-5-4-8-17(20)22/h2-8,10,13H,9,11-12H2,1H3,(H,19,21). The highest BCUT2D eigenvalue weighted by Gasteiger charge is 2.10. The van der Waals surface area contributed by atoms with Crippen LogP contribution in [0.4, 0.5) is 4.39 Å². The Kier molecular flexibility index (Phi) is 5.91. The van der Waals surface area contributed by atoms with Crippen LogP contribution in [-0.2, 0) is 11.3 Å². The van der Waals surface area contributed by atoms with E-state index in [2.05, 4.69) is 5.32 Å². The molecule has 5 nitrogen and oxygen atoms in total. The number of amides is 1. The van der Waals surface area contributed by atoms with E-state index in [4.69, 9.17) is 4.74 Å². The predicted molar refractivity (Wildman–Crippen MR) is 84.8 cm³/mol. The van der Waals surface area contributed by atoms with E-state index < -0.39 is 5.82 Å². The molecule has 1 amide bonds. The quantitative estimate of drug-likeness (QED) is 0.849. The second kappa shape index (κ2) is 8.12. The fraction of sp³-hybridized carbons (Fsp3) is 0.294. The van der Waals surface area contributed by atoms with Crippen molar-refractivity contribution < 1.29 is 13.9 Å². The van der Waals surface area contributed by atoms with Gasteiger partial charge >= 0.3 is 0 Å². The first kappa shape index (κ1) is 16.7. The topological polar surface area (TPSA) is 60.3 Å². The highest BCUT2D eigenvalue weighted by atomic mass is 19.1. The Morgan fingerprint density at radius 3 is 2.74 bits per heavy atom. The summed E-state index contributed by atoms with van der Waals surface area (Å²) in [4.78, 5) is 23.3. The predicted octanol–water partition coefficient (Wildman–Crippen LogP) is 1.96. The number of nitrogens with zero attached hydrogens (tertiary/aromatic N) is 1. The Morgan fingerprint density at radius 1 is 1.26 bits per heavy atom. The van der Waals surface area contributed by atoms with Crippen LogP contribution in [0, 0.1) is 5.82 Å². The third-order valence-corrected chi connectivity index (χ3v) is 3.23.